The molecular formula is C16H13N3O4. The first kappa shape index (κ1) is 15.9. The lowest BCUT2D eigenvalue weighted by molar-refractivity contribution is -0.384. The highest BCUT2D eigenvalue weighted by atomic mass is 16.6. The highest BCUT2D eigenvalue weighted by molar-refractivity contribution is 5.97. The zero-order chi connectivity index (χ0) is 16.7. The number of aromatic hydroxyl groups is 1. The van der Waals surface area contributed by atoms with E-state index in [1.165, 1.54) is 36.6 Å². The summed E-state index contributed by atoms with van der Waals surface area (Å²) >= 11 is 0. The van der Waals surface area contributed by atoms with Crippen LogP contribution in [0.15, 0.2) is 59.7 Å². The minimum Gasteiger partial charge on any atom is -0.507 e. The molecule has 0 atom stereocenters. The van der Waals surface area contributed by atoms with Crippen molar-refractivity contribution in [1.29, 1.82) is 0 Å². The number of nitro benzene ring substituents is 1. The van der Waals surface area contributed by atoms with Crippen LogP contribution in [0.5, 0.6) is 5.75 Å². The van der Waals surface area contributed by atoms with E-state index >= 15 is 0 Å². The molecule has 0 aliphatic carbocycles. The first-order valence-corrected chi connectivity index (χ1v) is 6.60. The maximum absolute atomic E-state index is 11.7. The summed E-state index contributed by atoms with van der Waals surface area (Å²) in [4.78, 5) is 21.9. The maximum Gasteiger partial charge on any atom is 0.275 e. The maximum atomic E-state index is 11.7. The predicted octanol–water partition coefficient (Wildman–Crippen LogP) is 2.73. The second kappa shape index (κ2) is 7.51. The molecule has 116 valence electrons. The molecule has 0 fully saturated rings. The van der Waals surface area contributed by atoms with Gasteiger partial charge in [0.25, 0.3) is 11.6 Å². The van der Waals surface area contributed by atoms with E-state index in [4.69, 9.17) is 0 Å². The Labute approximate surface area is 131 Å². The molecular weight excluding hydrogens is 298 g/mol. The average Bonchev–Trinajstić information content (AvgIpc) is 2.55. The molecule has 2 aromatic carbocycles. The number of rotatable bonds is 5. The Morgan fingerprint density at radius 3 is 2.74 bits per heavy atom. The Bertz CT molecular complexity index is 784. The number of nitro groups is 1. The number of allylic oxidation sites excluding steroid dienone is 1. The van der Waals surface area contributed by atoms with Gasteiger partial charge in [-0.15, -0.1) is 0 Å². The fraction of sp³-hybridized carbons (Fsp3) is 0. The Kier molecular flexibility index (Phi) is 5.19. The van der Waals surface area contributed by atoms with E-state index in [1.54, 1.807) is 30.3 Å². The summed E-state index contributed by atoms with van der Waals surface area (Å²) in [5.74, 6) is -0.671. The minimum atomic E-state index is -0.539. The van der Waals surface area contributed by atoms with Gasteiger partial charge in [0.2, 0.25) is 0 Å². The molecule has 0 unspecified atom stereocenters. The fourth-order valence-corrected chi connectivity index (χ4v) is 1.76. The van der Waals surface area contributed by atoms with Gasteiger partial charge in [-0.2, -0.15) is 5.10 Å². The molecule has 7 heteroatoms. The first-order valence-electron chi connectivity index (χ1n) is 6.60. The average molecular weight is 311 g/mol. The minimum absolute atomic E-state index is 0.00283. The van der Waals surface area contributed by atoms with E-state index in [0.717, 1.165) is 0 Å². The number of phenolic OH excluding ortho intramolecular Hbond substituents is 1. The SMILES string of the molecule is O=C(N/N=C\C=C\c1cccc([N+](=O)[O-])c1)c1ccccc1O. The summed E-state index contributed by atoms with van der Waals surface area (Å²) in [6.07, 6.45) is 4.48. The summed E-state index contributed by atoms with van der Waals surface area (Å²) in [5.41, 5.74) is 3.02. The molecule has 0 aromatic heterocycles. The van der Waals surface area contributed by atoms with Gasteiger partial charge in [0, 0.05) is 18.3 Å². The lowest BCUT2D eigenvalue weighted by Crippen LogP contribution is -2.17. The van der Waals surface area contributed by atoms with Crippen molar-refractivity contribution in [3.05, 3.63) is 75.8 Å². The van der Waals surface area contributed by atoms with Crippen LogP contribution in [0.4, 0.5) is 5.69 Å². The molecule has 0 radical (unpaired) electrons. The van der Waals surface area contributed by atoms with E-state index in [1.807, 2.05) is 0 Å². The van der Waals surface area contributed by atoms with Crippen LogP contribution in [0.1, 0.15) is 15.9 Å². The molecule has 23 heavy (non-hydrogen) atoms. The van der Waals surface area contributed by atoms with Crippen LogP contribution in [0.2, 0.25) is 0 Å². The van der Waals surface area contributed by atoms with Crippen molar-refractivity contribution in [3.8, 4) is 5.75 Å². The summed E-state index contributed by atoms with van der Waals surface area (Å²) in [6.45, 7) is 0. The van der Waals surface area contributed by atoms with Gasteiger partial charge in [0.15, 0.2) is 0 Å². The highest BCUT2D eigenvalue weighted by Crippen LogP contribution is 2.15. The van der Waals surface area contributed by atoms with E-state index < -0.39 is 10.8 Å². The molecule has 0 spiro atoms. The fourth-order valence-electron chi connectivity index (χ4n) is 1.76. The number of hydrogen-bond acceptors (Lipinski definition) is 5. The highest BCUT2D eigenvalue weighted by Gasteiger charge is 2.08. The molecule has 2 N–H and O–H groups in total. The van der Waals surface area contributed by atoms with E-state index in [9.17, 15) is 20.0 Å². The zero-order valence-corrected chi connectivity index (χ0v) is 11.9. The van der Waals surface area contributed by atoms with Gasteiger partial charge >= 0.3 is 0 Å². The molecule has 2 rings (SSSR count). The van der Waals surface area contributed by atoms with Crippen LogP contribution in [-0.2, 0) is 0 Å². The second-order valence-corrected chi connectivity index (χ2v) is 4.45. The standard InChI is InChI=1S/C16H13N3O4/c20-15-9-2-1-8-14(15)16(21)18-17-10-4-6-12-5-3-7-13(11-12)19(22)23/h1-11,20H,(H,18,21)/b6-4+,17-10-. The van der Waals surface area contributed by atoms with E-state index in [2.05, 4.69) is 10.5 Å². The smallest absolute Gasteiger partial charge is 0.275 e. The topological polar surface area (TPSA) is 105 Å². The van der Waals surface area contributed by atoms with Gasteiger partial charge in [-0.05, 0) is 23.8 Å². The van der Waals surface area contributed by atoms with Crippen molar-refractivity contribution in [2.45, 2.75) is 0 Å². The number of carbonyl (C=O) groups is 1. The van der Waals surface area contributed by atoms with Crippen LogP contribution in [0.3, 0.4) is 0 Å². The third-order valence-electron chi connectivity index (χ3n) is 2.85. The molecule has 0 aliphatic rings. The summed E-state index contributed by atoms with van der Waals surface area (Å²) in [5, 5.41) is 23.9. The summed E-state index contributed by atoms with van der Waals surface area (Å²) in [7, 11) is 0. The number of hydrazone groups is 1. The van der Waals surface area contributed by atoms with Crippen molar-refractivity contribution in [2.75, 3.05) is 0 Å². The van der Waals surface area contributed by atoms with Gasteiger partial charge in [-0.3, -0.25) is 14.9 Å². The third-order valence-corrected chi connectivity index (χ3v) is 2.85. The number of carbonyl (C=O) groups excluding carboxylic acids is 1. The van der Waals surface area contributed by atoms with Crippen LogP contribution >= 0.6 is 0 Å². The zero-order valence-electron chi connectivity index (χ0n) is 11.9. The molecule has 0 saturated carbocycles. The Hall–Kier alpha value is -3.48. The Morgan fingerprint density at radius 2 is 2.00 bits per heavy atom. The van der Waals surface area contributed by atoms with Crippen molar-refractivity contribution < 1.29 is 14.8 Å². The van der Waals surface area contributed by atoms with Crippen molar-refractivity contribution in [3.63, 3.8) is 0 Å². The molecule has 0 bridgehead atoms. The molecule has 1 amide bonds. The summed E-state index contributed by atoms with van der Waals surface area (Å²) in [6, 6.07) is 12.2. The number of hydrogen-bond donors (Lipinski definition) is 2. The number of nitrogens with one attached hydrogen (secondary N) is 1. The van der Waals surface area contributed by atoms with Gasteiger partial charge < -0.3 is 5.11 Å². The van der Waals surface area contributed by atoms with Crippen molar-refractivity contribution >= 4 is 23.9 Å². The quantitative estimate of drug-likeness (QED) is 0.503. The second-order valence-electron chi connectivity index (χ2n) is 4.45. The molecule has 0 saturated heterocycles. The number of non-ortho nitro benzene ring substituents is 1. The normalized spacial score (nSPS) is 11.0. The van der Waals surface area contributed by atoms with E-state index in [-0.39, 0.29) is 17.0 Å². The number of phenols is 1. The van der Waals surface area contributed by atoms with Crippen LogP contribution in [0, 0.1) is 10.1 Å². The van der Waals surface area contributed by atoms with Crippen LogP contribution in [-0.4, -0.2) is 22.2 Å². The van der Waals surface area contributed by atoms with Gasteiger partial charge in [-0.1, -0.05) is 30.3 Å². The predicted molar refractivity (Wildman–Crippen MR) is 86.2 cm³/mol. The van der Waals surface area contributed by atoms with Crippen LogP contribution in [0.25, 0.3) is 6.08 Å². The number of nitrogens with zero attached hydrogens (tertiary/aromatic N) is 2. The number of para-hydroxylation sites is 1. The van der Waals surface area contributed by atoms with Crippen LogP contribution < -0.4 is 5.43 Å². The van der Waals surface area contributed by atoms with Gasteiger partial charge in [-0.25, -0.2) is 5.43 Å². The molecule has 7 nitrogen and oxygen atoms in total. The van der Waals surface area contributed by atoms with Crippen molar-refractivity contribution in [2.24, 2.45) is 5.10 Å². The monoisotopic (exact) mass is 311 g/mol. The van der Waals surface area contributed by atoms with Gasteiger partial charge in [0.05, 0.1) is 10.5 Å². The molecule has 0 heterocycles. The Balaban J connectivity index is 1.94. The lowest BCUT2D eigenvalue weighted by Gasteiger charge is -2.01. The largest absolute Gasteiger partial charge is 0.507 e. The van der Waals surface area contributed by atoms with Crippen molar-refractivity contribution in [1.82, 2.24) is 5.43 Å². The summed E-state index contributed by atoms with van der Waals surface area (Å²) < 4.78 is 0. The Morgan fingerprint density at radius 1 is 1.22 bits per heavy atom. The van der Waals surface area contributed by atoms with E-state index in [0.29, 0.717) is 5.56 Å². The lowest BCUT2D eigenvalue weighted by atomic mass is 10.2. The van der Waals surface area contributed by atoms with Gasteiger partial charge in [0.1, 0.15) is 5.75 Å². The molecule has 0 aliphatic heterocycles. The number of benzene rings is 2. The molecule has 2 aromatic rings. The third kappa shape index (κ3) is 4.50. The number of amides is 1. The first-order chi connectivity index (χ1) is 11.1.